The van der Waals surface area contributed by atoms with Gasteiger partial charge in [0.25, 0.3) is 0 Å². The van der Waals surface area contributed by atoms with Gasteiger partial charge in [-0.05, 0) is 53.5 Å². The molecule has 4 heteroatoms. The van der Waals surface area contributed by atoms with Crippen molar-refractivity contribution in [2.45, 2.75) is 32.9 Å². The standard InChI is InChI=1S/C15H22BrNO2/c1-5-7-17-10-12-8-13(16)15(14(9-12)18-4)19-11(3)6-2/h6,8-9,11,17H,2,5,7,10H2,1,3-4H3. The normalized spacial score (nSPS) is 12.0. The molecule has 0 fully saturated rings. The molecule has 0 amide bonds. The summed E-state index contributed by atoms with van der Waals surface area (Å²) in [5, 5.41) is 3.37. The first-order valence-corrected chi connectivity index (χ1v) is 7.28. The molecule has 1 N–H and O–H groups in total. The van der Waals surface area contributed by atoms with E-state index in [0.29, 0.717) is 5.75 Å². The molecule has 0 aliphatic heterocycles. The second kappa shape index (κ2) is 8.23. The molecule has 0 aromatic heterocycles. The van der Waals surface area contributed by atoms with Gasteiger partial charge in [0, 0.05) is 6.54 Å². The number of halogens is 1. The second-order valence-electron chi connectivity index (χ2n) is 4.34. The smallest absolute Gasteiger partial charge is 0.176 e. The zero-order valence-corrected chi connectivity index (χ0v) is 13.4. The van der Waals surface area contributed by atoms with Crippen molar-refractivity contribution in [2.24, 2.45) is 0 Å². The van der Waals surface area contributed by atoms with Crippen LogP contribution in [0.15, 0.2) is 29.3 Å². The van der Waals surface area contributed by atoms with Crippen molar-refractivity contribution < 1.29 is 9.47 Å². The van der Waals surface area contributed by atoms with Crippen LogP contribution in [0, 0.1) is 0 Å². The molecular weight excluding hydrogens is 306 g/mol. The van der Waals surface area contributed by atoms with E-state index in [4.69, 9.17) is 9.47 Å². The highest BCUT2D eigenvalue weighted by Gasteiger charge is 2.13. The molecule has 1 aromatic rings. The topological polar surface area (TPSA) is 30.5 Å². The van der Waals surface area contributed by atoms with Crippen LogP contribution in [0.3, 0.4) is 0 Å². The zero-order chi connectivity index (χ0) is 14.3. The van der Waals surface area contributed by atoms with Gasteiger partial charge in [-0.15, -0.1) is 0 Å². The van der Waals surface area contributed by atoms with Crippen molar-refractivity contribution in [3.63, 3.8) is 0 Å². The molecule has 0 heterocycles. The summed E-state index contributed by atoms with van der Waals surface area (Å²) in [6.45, 7) is 9.63. The lowest BCUT2D eigenvalue weighted by Crippen LogP contribution is -2.14. The zero-order valence-electron chi connectivity index (χ0n) is 11.8. The van der Waals surface area contributed by atoms with E-state index in [-0.39, 0.29) is 6.10 Å². The molecule has 0 aliphatic rings. The summed E-state index contributed by atoms with van der Waals surface area (Å²) in [4.78, 5) is 0. The summed E-state index contributed by atoms with van der Waals surface area (Å²) >= 11 is 3.54. The molecule has 19 heavy (non-hydrogen) atoms. The second-order valence-corrected chi connectivity index (χ2v) is 5.20. The molecule has 1 atom stereocenters. The van der Waals surface area contributed by atoms with E-state index in [1.165, 1.54) is 0 Å². The Bertz CT molecular complexity index is 421. The highest BCUT2D eigenvalue weighted by Crippen LogP contribution is 2.37. The number of rotatable bonds is 8. The molecular formula is C15H22BrNO2. The monoisotopic (exact) mass is 327 g/mol. The SMILES string of the molecule is C=CC(C)Oc1c(Br)cc(CNCCC)cc1OC. The molecule has 0 spiro atoms. The van der Waals surface area contributed by atoms with Gasteiger partial charge in [0.15, 0.2) is 11.5 Å². The maximum Gasteiger partial charge on any atom is 0.176 e. The Morgan fingerprint density at radius 3 is 2.79 bits per heavy atom. The number of nitrogens with one attached hydrogen (secondary N) is 1. The molecule has 0 saturated carbocycles. The average molecular weight is 328 g/mol. The van der Waals surface area contributed by atoms with E-state index in [1.54, 1.807) is 13.2 Å². The number of benzene rings is 1. The van der Waals surface area contributed by atoms with Crippen molar-refractivity contribution in [2.75, 3.05) is 13.7 Å². The molecule has 0 aliphatic carbocycles. The Labute approximate surface area is 124 Å². The van der Waals surface area contributed by atoms with Gasteiger partial charge in [-0.2, -0.15) is 0 Å². The fraction of sp³-hybridized carbons (Fsp3) is 0.467. The summed E-state index contributed by atoms with van der Waals surface area (Å²) in [7, 11) is 1.65. The van der Waals surface area contributed by atoms with Crippen LogP contribution in [0.5, 0.6) is 11.5 Å². The Morgan fingerprint density at radius 2 is 2.21 bits per heavy atom. The third kappa shape index (κ3) is 4.88. The van der Waals surface area contributed by atoms with Gasteiger partial charge < -0.3 is 14.8 Å². The van der Waals surface area contributed by atoms with Crippen LogP contribution in [-0.2, 0) is 6.54 Å². The Hall–Kier alpha value is -1.00. The molecule has 3 nitrogen and oxygen atoms in total. The van der Waals surface area contributed by atoms with E-state index in [0.717, 1.165) is 35.3 Å². The van der Waals surface area contributed by atoms with Gasteiger partial charge in [-0.1, -0.05) is 19.6 Å². The van der Waals surface area contributed by atoms with Gasteiger partial charge in [0.05, 0.1) is 11.6 Å². The van der Waals surface area contributed by atoms with E-state index < -0.39 is 0 Å². The third-order valence-corrected chi connectivity index (χ3v) is 3.27. The summed E-state index contributed by atoms with van der Waals surface area (Å²) in [6.07, 6.45) is 2.81. The van der Waals surface area contributed by atoms with E-state index in [2.05, 4.69) is 40.8 Å². The fourth-order valence-corrected chi connectivity index (χ4v) is 2.22. The summed E-state index contributed by atoms with van der Waals surface area (Å²) < 4.78 is 12.1. The largest absolute Gasteiger partial charge is 0.493 e. The molecule has 1 rings (SSSR count). The van der Waals surface area contributed by atoms with E-state index in [1.807, 2.05) is 13.0 Å². The Morgan fingerprint density at radius 1 is 1.47 bits per heavy atom. The van der Waals surface area contributed by atoms with Crippen LogP contribution in [-0.4, -0.2) is 19.8 Å². The molecule has 1 aromatic carbocycles. The maximum absolute atomic E-state index is 5.79. The molecule has 1 unspecified atom stereocenters. The summed E-state index contributed by atoms with van der Waals surface area (Å²) in [5.74, 6) is 1.45. The van der Waals surface area contributed by atoms with Crippen molar-refractivity contribution in [3.8, 4) is 11.5 Å². The van der Waals surface area contributed by atoms with Gasteiger partial charge in [0.1, 0.15) is 6.10 Å². The van der Waals surface area contributed by atoms with Gasteiger partial charge in [0.2, 0.25) is 0 Å². The fourth-order valence-electron chi connectivity index (χ4n) is 1.63. The highest BCUT2D eigenvalue weighted by atomic mass is 79.9. The van der Waals surface area contributed by atoms with Crippen LogP contribution >= 0.6 is 15.9 Å². The minimum atomic E-state index is -0.0609. The van der Waals surface area contributed by atoms with Crippen molar-refractivity contribution in [1.29, 1.82) is 0 Å². The molecule has 0 saturated heterocycles. The number of ether oxygens (including phenoxy) is 2. The number of methoxy groups -OCH3 is 1. The molecule has 0 bridgehead atoms. The van der Waals surface area contributed by atoms with Crippen LogP contribution in [0.1, 0.15) is 25.8 Å². The van der Waals surface area contributed by atoms with Gasteiger partial charge >= 0.3 is 0 Å². The van der Waals surface area contributed by atoms with Crippen molar-refractivity contribution in [3.05, 3.63) is 34.8 Å². The summed E-state index contributed by atoms with van der Waals surface area (Å²) in [5.41, 5.74) is 1.16. The minimum Gasteiger partial charge on any atom is -0.493 e. The Balaban J connectivity index is 2.90. The Kier molecular flexibility index (Phi) is 6.95. The average Bonchev–Trinajstić information content (AvgIpc) is 2.41. The lowest BCUT2D eigenvalue weighted by atomic mass is 10.2. The lowest BCUT2D eigenvalue weighted by Gasteiger charge is -2.17. The van der Waals surface area contributed by atoms with Crippen LogP contribution in [0.2, 0.25) is 0 Å². The predicted octanol–water partition coefficient (Wildman–Crippen LogP) is 3.91. The van der Waals surface area contributed by atoms with Gasteiger partial charge in [-0.25, -0.2) is 0 Å². The van der Waals surface area contributed by atoms with Crippen LogP contribution in [0.25, 0.3) is 0 Å². The van der Waals surface area contributed by atoms with Gasteiger partial charge in [-0.3, -0.25) is 0 Å². The van der Waals surface area contributed by atoms with Crippen LogP contribution < -0.4 is 14.8 Å². The van der Waals surface area contributed by atoms with E-state index >= 15 is 0 Å². The number of hydrogen-bond acceptors (Lipinski definition) is 3. The first-order chi connectivity index (χ1) is 9.12. The minimum absolute atomic E-state index is 0.0609. The van der Waals surface area contributed by atoms with E-state index in [9.17, 15) is 0 Å². The highest BCUT2D eigenvalue weighted by molar-refractivity contribution is 9.10. The molecule has 0 radical (unpaired) electrons. The first kappa shape index (κ1) is 16.1. The maximum atomic E-state index is 5.79. The number of hydrogen-bond donors (Lipinski definition) is 1. The summed E-state index contributed by atoms with van der Waals surface area (Å²) in [6, 6.07) is 4.05. The quantitative estimate of drug-likeness (QED) is 0.580. The third-order valence-electron chi connectivity index (χ3n) is 2.68. The predicted molar refractivity (Wildman–Crippen MR) is 83.0 cm³/mol. The first-order valence-electron chi connectivity index (χ1n) is 6.48. The molecule has 106 valence electrons. The van der Waals surface area contributed by atoms with Crippen molar-refractivity contribution in [1.82, 2.24) is 5.32 Å². The van der Waals surface area contributed by atoms with Crippen LogP contribution in [0.4, 0.5) is 0 Å². The van der Waals surface area contributed by atoms with Crippen molar-refractivity contribution >= 4 is 15.9 Å². The lowest BCUT2D eigenvalue weighted by molar-refractivity contribution is 0.252.